The summed E-state index contributed by atoms with van der Waals surface area (Å²) in [4.78, 5) is 25.0. The molecule has 2 aromatic rings. The van der Waals surface area contributed by atoms with Crippen LogP contribution in [-0.2, 0) is 9.59 Å². The van der Waals surface area contributed by atoms with Crippen LogP contribution >= 0.6 is 0 Å². The Morgan fingerprint density at radius 2 is 2.08 bits per heavy atom. The topological polar surface area (TPSA) is 80.1 Å². The van der Waals surface area contributed by atoms with E-state index in [0.717, 1.165) is 24.4 Å². The monoisotopic (exact) mass is 327 g/mol. The second kappa shape index (κ2) is 7.25. The normalized spacial score (nSPS) is 17.5. The molecule has 3 rings (SSSR count). The Labute approximate surface area is 140 Å². The fourth-order valence-corrected chi connectivity index (χ4v) is 3.04. The minimum Gasteiger partial charge on any atom is -0.347 e. The van der Waals surface area contributed by atoms with Crippen molar-refractivity contribution < 1.29 is 9.59 Å². The van der Waals surface area contributed by atoms with E-state index in [9.17, 15) is 9.59 Å². The molecule has 24 heavy (non-hydrogen) atoms. The maximum atomic E-state index is 12.2. The lowest BCUT2D eigenvalue weighted by Crippen LogP contribution is -2.44. The third-order valence-corrected chi connectivity index (χ3v) is 4.24. The molecule has 1 aromatic carbocycles. The van der Waals surface area contributed by atoms with Gasteiger partial charge < -0.3 is 10.2 Å². The number of amides is 2. The molecule has 2 amide bonds. The molecular weight excluding hydrogens is 306 g/mol. The smallest absolute Gasteiger partial charge is 0.241 e. The number of piperidine rings is 1. The predicted octanol–water partition coefficient (Wildman–Crippen LogP) is 1.11. The van der Waals surface area contributed by atoms with Gasteiger partial charge >= 0.3 is 0 Å². The third kappa shape index (κ3) is 3.61. The number of hydrogen-bond donors (Lipinski definition) is 1. The SMILES string of the molecule is CC(=O)NCC(=O)N1CCC[C@H](c2nncn2-c2ccccc2)C1. The molecule has 0 spiro atoms. The Balaban J connectivity index is 1.73. The second-order valence-corrected chi connectivity index (χ2v) is 5.98. The number of aromatic nitrogens is 3. The molecule has 126 valence electrons. The largest absolute Gasteiger partial charge is 0.347 e. The second-order valence-electron chi connectivity index (χ2n) is 5.98. The molecule has 1 aromatic heterocycles. The molecule has 7 nitrogen and oxygen atoms in total. The fraction of sp³-hybridized carbons (Fsp3) is 0.412. The predicted molar refractivity (Wildman–Crippen MR) is 88.6 cm³/mol. The van der Waals surface area contributed by atoms with E-state index in [4.69, 9.17) is 0 Å². The molecule has 1 aliphatic rings. The van der Waals surface area contributed by atoms with Crippen LogP contribution in [0.5, 0.6) is 0 Å². The van der Waals surface area contributed by atoms with Crippen LogP contribution in [0.2, 0.25) is 0 Å². The van der Waals surface area contributed by atoms with Crippen LogP contribution in [0.1, 0.15) is 31.5 Å². The van der Waals surface area contributed by atoms with Crippen molar-refractivity contribution in [3.63, 3.8) is 0 Å². The highest BCUT2D eigenvalue weighted by Crippen LogP contribution is 2.27. The van der Waals surface area contributed by atoms with Gasteiger partial charge in [-0.1, -0.05) is 18.2 Å². The van der Waals surface area contributed by atoms with Crippen molar-refractivity contribution in [1.29, 1.82) is 0 Å². The van der Waals surface area contributed by atoms with Crippen molar-refractivity contribution in [1.82, 2.24) is 25.0 Å². The Hall–Kier alpha value is -2.70. The van der Waals surface area contributed by atoms with Crippen LogP contribution in [0.3, 0.4) is 0 Å². The Kier molecular flexibility index (Phi) is 4.88. The number of para-hydroxylation sites is 1. The number of carbonyl (C=O) groups excluding carboxylic acids is 2. The number of nitrogens with zero attached hydrogens (tertiary/aromatic N) is 4. The Bertz CT molecular complexity index is 713. The maximum Gasteiger partial charge on any atom is 0.241 e. The molecule has 0 bridgehead atoms. The highest BCUT2D eigenvalue weighted by Gasteiger charge is 2.28. The van der Waals surface area contributed by atoms with Gasteiger partial charge in [0.05, 0.1) is 6.54 Å². The summed E-state index contributed by atoms with van der Waals surface area (Å²) in [7, 11) is 0. The molecule has 0 unspecified atom stereocenters. The number of carbonyl (C=O) groups is 2. The molecule has 2 heterocycles. The van der Waals surface area contributed by atoms with E-state index < -0.39 is 0 Å². The van der Waals surface area contributed by atoms with Crippen LogP contribution in [-0.4, -0.2) is 51.1 Å². The van der Waals surface area contributed by atoms with Crippen LogP contribution < -0.4 is 5.32 Å². The first-order valence-electron chi connectivity index (χ1n) is 8.12. The van der Waals surface area contributed by atoms with Crippen LogP contribution in [0, 0.1) is 0 Å². The summed E-state index contributed by atoms with van der Waals surface area (Å²) < 4.78 is 1.98. The van der Waals surface area contributed by atoms with Crippen molar-refractivity contribution in [3.8, 4) is 5.69 Å². The summed E-state index contributed by atoms with van der Waals surface area (Å²) in [5.74, 6) is 0.766. The molecule has 1 fully saturated rings. The average molecular weight is 327 g/mol. The van der Waals surface area contributed by atoms with Gasteiger partial charge in [0.15, 0.2) is 0 Å². The number of nitrogens with one attached hydrogen (secondary N) is 1. The van der Waals surface area contributed by atoms with Gasteiger partial charge in [-0.2, -0.15) is 0 Å². The van der Waals surface area contributed by atoms with Gasteiger partial charge in [-0.3, -0.25) is 14.2 Å². The first-order chi connectivity index (χ1) is 11.6. The number of hydrogen-bond acceptors (Lipinski definition) is 4. The van der Waals surface area contributed by atoms with Crippen molar-refractivity contribution in [3.05, 3.63) is 42.5 Å². The van der Waals surface area contributed by atoms with E-state index in [1.54, 1.807) is 11.2 Å². The molecule has 1 N–H and O–H groups in total. The molecule has 0 aliphatic carbocycles. The zero-order valence-electron chi connectivity index (χ0n) is 13.7. The molecular formula is C17H21N5O2. The van der Waals surface area contributed by atoms with Gasteiger partial charge in [0.2, 0.25) is 11.8 Å². The Morgan fingerprint density at radius 1 is 1.29 bits per heavy atom. The summed E-state index contributed by atoms with van der Waals surface area (Å²) >= 11 is 0. The van der Waals surface area contributed by atoms with Gasteiger partial charge in [-0.15, -0.1) is 10.2 Å². The van der Waals surface area contributed by atoms with Gasteiger partial charge in [0, 0.05) is 31.6 Å². The van der Waals surface area contributed by atoms with E-state index in [1.165, 1.54) is 6.92 Å². The van der Waals surface area contributed by atoms with Crippen molar-refractivity contribution in [2.75, 3.05) is 19.6 Å². The van der Waals surface area contributed by atoms with Gasteiger partial charge in [-0.05, 0) is 25.0 Å². The summed E-state index contributed by atoms with van der Waals surface area (Å²) in [6.07, 6.45) is 3.59. The average Bonchev–Trinajstić information content (AvgIpc) is 3.10. The lowest BCUT2D eigenvalue weighted by Gasteiger charge is -2.32. The quantitative estimate of drug-likeness (QED) is 0.912. The molecule has 0 saturated carbocycles. The first kappa shape index (κ1) is 16.2. The third-order valence-electron chi connectivity index (χ3n) is 4.24. The summed E-state index contributed by atoms with van der Waals surface area (Å²) in [6.45, 7) is 2.78. The standard InChI is InChI=1S/C17H21N5O2/c1-13(23)18-10-16(24)21-9-5-6-14(11-21)17-20-19-12-22(17)15-7-3-2-4-8-15/h2-4,7-8,12,14H,5-6,9-11H2,1H3,(H,18,23)/t14-/m0/s1. The lowest BCUT2D eigenvalue weighted by molar-refractivity contribution is -0.133. The molecule has 1 atom stereocenters. The maximum absolute atomic E-state index is 12.2. The highest BCUT2D eigenvalue weighted by molar-refractivity contribution is 5.83. The van der Waals surface area contributed by atoms with E-state index >= 15 is 0 Å². The van der Waals surface area contributed by atoms with Crippen molar-refractivity contribution >= 4 is 11.8 Å². The van der Waals surface area contributed by atoms with Crippen LogP contribution in [0.4, 0.5) is 0 Å². The lowest BCUT2D eigenvalue weighted by atomic mass is 9.97. The van der Waals surface area contributed by atoms with Gasteiger partial charge in [0.25, 0.3) is 0 Å². The van der Waals surface area contributed by atoms with Crippen molar-refractivity contribution in [2.45, 2.75) is 25.7 Å². The highest BCUT2D eigenvalue weighted by atomic mass is 16.2. The van der Waals surface area contributed by atoms with Crippen LogP contribution in [0.15, 0.2) is 36.7 Å². The first-order valence-corrected chi connectivity index (χ1v) is 8.12. The molecule has 1 saturated heterocycles. The van der Waals surface area contributed by atoms with E-state index in [0.29, 0.717) is 13.1 Å². The molecule has 7 heteroatoms. The zero-order valence-corrected chi connectivity index (χ0v) is 13.7. The molecule has 0 radical (unpaired) electrons. The fourth-order valence-electron chi connectivity index (χ4n) is 3.04. The van der Waals surface area contributed by atoms with Crippen LogP contribution in [0.25, 0.3) is 5.69 Å². The van der Waals surface area contributed by atoms with E-state index in [-0.39, 0.29) is 24.3 Å². The summed E-state index contributed by atoms with van der Waals surface area (Å²) in [6, 6.07) is 9.94. The Morgan fingerprint density at radius 3 is 2.83 bits per heavy atom. The molecule has 1 aliphatic heterocycles. The minimum absolute atomic E-state index is 0.0490. The minimum atomic E-state index is -0.194. The van der Waals surface area contributed by atoms with E-state index in [1.807, 2.05) is 34.9 Å². The summed E-state index contributed by atoms with van der Waals surface area (Å²) in [5, 5.41) is 10.9. The van der Waals surface area contributed by atoms with Gasteiger partial charge in [-0.25, -0.2) is 0 Å². The van der Waals surface area contributed by atoms with Gasteiger partial charge in [0.1, 0.15) is 12.2 Å². The number of rotatable bonds is 4. The number of likely N-dealkylation sites (tertiary alicyclic amines) is 1. The van der Waals surface area contributed by atoms with E-state index in [2.05, 4.69) is 15.5 Å². The van der Waals surface area contributed by atoms with Crippen molar-refractivity contribution in [2.24, 2.45) is 0 Å². The zero-order chi connectivity index (χ0) is 16.9. The summed E-state index contributed by atoms with van der Waals surface area (Å²) in [5.41, 5.74) is 1.01. The number of benzene rings is 1.